The van der Waals surface area contributed by atoms with Crippen molar-refractivity contribution in [1.82, 2.24) is 4.98 Å². The summed E-state index contributed by atoms with van der Waals surface area (Å²) in [6, 6.07) is 9.93. The van der Waals surface area contributed by atoms with Crippen LogP contribution in [0.5, 0.6) is 0 Å². The van der Waals surface area contributed by atoms with E-state index in [1.54, 1.807) is 12.4 Å². The first kappa shape index (κ1) is 13.0. The average Bonchev–Trinajstić information content (AvgIpc) is 2.32. The molecule has 1 aromatic heterocycles. The summed E-state index contributed by atoms with van der Waals surface area (Å²) in [7, 11) is 0. The number of carbonyl (C=O) groups is 1. The molecule has 0 fully saturated rings. The third kappa shape index (κ3) is 3.50. The molecule has 2 aromatic rings. The van der Waals surface area contributed by atoms with E-state index >= 15 is 0 Å². The van der Waals surface area contributed by atoms with Gasteiger partial charge in [0, 0.05) is 29.7 Å². The number of hydrogen-bond acceptors (Lipinski definition) is 2. The number of rotatable bonds is 4. The molecule has 0 unspecified atom stereocenters. The van der Waals surface area contributed by atoms with E-state index < -0.39 is 0 Å². The second kappa shape index (κ2) is 5.91. The van der Waals surface area contributed by atoms with Crippen LogP contribution < -0.4 is 0 Å². The number of hydrogen-bond donors (Lipinski definition) is 0. The highest BCUT2D eigenvalue weighted by molar-refractivity contribution is 9.10. The van der Waals surface area contributed by atoms with Gasteiger partial charge in [0.25, 0.3) is 0 Å². The first-order chi connectivity index (χ1) is 8.65. The third-order valence-electron chi connectivity index (χ3n) is 2.81. The predicted octanol–water partition coefficient (Wildman–Crippen LogP) is 3.51. The molecule has 18 heavy (non-hydrogen) atoms. The summed E-state index contributed by atoms with van der Waals surface area (Å²) in [6.45, 7) is 2.03. The Morgan fingerprint density at radius 3 is 2.72 bits per heavy atom. The normalized spacial score (nSPS) is 10.3. The Morgan fingerprint density at radius 1 is 1.22 bits per heavy atom. The quantitative estimate of drug-likeness (QED) is 0.865. The first-order valence-electron chi connectivity index (χ1n) is 5.81. The van der Waals surface area contributed by atoms with Gasteiger partial charge < -0.3 is 0 Å². The van der Waals surface area contributed by atoms with Gasteiger partial charge >= 0.3 is 0 Å². The van der Waals surface area contributed by atoms with Crippen LogP contribution in [0.3, 0.4) is 0 Å². The number of benzene rings is 1. The fourth-order valence-electron chi connectivity index (χ4n) is 1.86. The maximum Gasteiger partial charge on any atom is 0.141 e. The molecule has 0 radical (unpaired) electrons. The lowest BCUT2D eigenvalue weighted by atomic mass is 10.0. The summed E-state index contributed by atoms with van der Waals surface area (Å²) >= 11 is 3.36. The van der Waals surface area contributed by atoms with Crippen LogP contribution >= 0.6 is 15.9 Å². The Balaban J connectivity index is 2.03. The summed E-state index contributed by atoms with van der Waals surface area (Å²) in [4.78, 5) is 16.1. The van der Waals surface area contributed by atoms with Crippen molar-refractivity contribution >= 4 is 21.7 Å². The van der Waals surface area contributed by atoms with E-state index in [4.69, 9.17) is 0 Å². The van der Waals surface area contributed by atoms with Gasteiger partial charge in [-0.2, -0.15) is 0 Å². The second-order valence-corrected chi connectivity index (χ2v) is 5.25. The zero-order valence-electron chi connectivity index (χ0n) is 10.2. The summed E-state index contributed by atoms with van der Waals surface area (Å²) in [5, 5.41) is 0. The molecule has 1 heterocycles. The number of nitrogens with zero attached hydrogens (tertiary/aromatic N) is 1. The second-order valence-electron chi connectivity index (χ2n) is 4.33. The molecule has 92 valence electrons. The van der Waals surface area contributed by atoms with Crippen LogP contribution in [0.15, 0.2) is 47.2 Å². The van der Waals surface area contributed by atoms with Gasteiger partial charge in [0.15, 0.2) is 0 Å². The van der Waals surface area contributed by atoms with Crippen LogP contribution in [-0.2, 0) is 17.6 Å². The highest BCUT2D eigenvalue weighted by atomic mass is 79.9. The van der Waals surface area contributed by atoms with Gasteiger partial charge in [-0.15, -0.1) is 0 Å². The Hall–Kier alpha value is -1.48. The molecule has 2 rings (SSSR count). The Kier molecular flexibility index (Phi) is 4.26. The largest absolute Gasteiger partial charge is 0.299 e. The minimum absolute atomic E-state index is 0.212. The molecular weight excluding hydrogens is 290 g/mol. The number of pyridine rings is 1. The summed E-state index contributed by atoms with van der Waals surface area (Å²) < 4.78 is 0.906. The monoisotopic (exact) mass is 303 g/mol. The van der Waals surface area contributed by atoms with Crippen LogP contribution in [0.25, 0.3) is 0 Å². The lowest BCUT2D eigenvalue weighted by molar-refractivity contribution is -0.117. The number of Topliss-reactive ketones (excluding diaryl/α,β-unsaturated/α-hetero) is 1. The molecule has 0 bridgehead atoms. The number of aromatic nitrogens is 1. The molecule has 0 atom stereocenters. The lowest BCUT2D eigenvalue weighted by Crippen LogP contribution is -2.07. The summed E-state index contributed by atoms with van der Waals surface area (Å²) in [5.74, 6) is 0.212. The van der Waals surface area contributed by atoms with Crippen LogP contribution in [0.1, 0.15) is 16.7 Å². The molecule has 2 nitrogen and oxygen atoms in total. The van der Waals surface area contributed by atoms with E-state index in [-0.39, 0.29) is 5.78 Å². The van der Waals surface area contributed by atoms with Crippen molar-refractivity contribution in [3.05, 3.63) is 63.9 Å². The van der Waals surface area contributed by atoms with E-state index in [2.05, 4.69) is 20.9 Å². The molecule has 0 aliphatic rings. The van der Waals surface area contributed by atoms with E-state index in [1.807, 2.05) is 37.3 Å². The molecule has 1 aromatic carbocycles. The average molecular weight is 304 g/mol. The zero-order chi connectivity index (χ0) is 13.0. The van der Waals surface area contributed by atoms with Crippen molar-refractivity contribution in [3.8, 4) is 0 Å². The lowest BCUT2D eigenvalue weighted by Gasteiger charge is -2.05. The van der Waals surface area contributed by atoms with Gasteiger partial charge in [-0.1, -0.05) is 24.3 Å². The Bertz CT molecular complexity index is 566. The van der Waals surface area contributed by atoms with Crippen molar-refractivity contribution in [3.63, 3.8) is 0 Å². The molecule has 0 amide bonds. The minimum atomic E-state index is 0.212. The van der Waals surface area contributed by atoms with E-state index in [0.717, 1.165) is 15.6 Å². The number of ketones is 1. The highest BCUT2D eigenvalue weighted by Gasteiger charge is 2.07. The molecule has 0 N–H and O–H groups in total. The number of carbonyl (C=O) groups excluding carboxylic acids is 1. The van der Waals surface area contributed by atoms with E-state index in [0.29, 0.717) is 12.8 Å². The highest BCUT2D eigenvalue weighted by Crippen LogP contribution is 2.13. The molecule has 0 saturated heterocycles. The molecule has 3 heteroatoms. The molecule has 0 aliphatic carbocycles. The fourth-order valence-corrected chi connectivity index (χ4v) is 2.28. The minimum Gasteiger partial charge on any atom is -0.299 e. The van der Waals surface area contributed by atoms with Crippen LogP contribution in [0, 0.1) is 6.92 Å². The van der Waals surface area contributed by atoms with Crippen molar-refractivity contribution in [1.29, 1.82) is 0 Å². The van der Waals surface area contributed by atoms with Gasteiger partial charge in [0.05, 0.1) is 0 Å². The maximum atomic E-state index is 12.0. The van der Waals surface area contributed by atoms with E-state index in [9.17, 15) is 4.79 Å². The van der Waals surface area contributed by atoms with E-state index in [1.165, 1.54) is 5.56 Å². The van der Waals surface area contributed by atoms with Crippen LogP contribution in [-0.4, -0.2) is 10.8 Å². The standard InChI is InChI=1S/C15H14BrNO/c1-11-4-2-3-5-13(11)8-15(18)7-12-6-14(16)10-17-9-12/h2-6,9-10H,7-8H2,1H3. The molecule has 0 saturated carbocycles. The summed E-state index contributed by atoms with van der Waals surface area (Å²) in [5.41, 5.74) is 3.21. The topological polar surface area (TPSA) is 30.0 Å². The fraction of sp³-hybridized carbons (Fsp3) is 0.200. The van der Waals surface area contributed by atoms with Crippen LogP contribution in [0.2, 0.25) is 0 Å². The SMILES string of the molecule is Cc1ccccc1CC(=O)Cc1cncc(Br)c1. The molecule has 0 spiro atoms. The number of aryl methyl sites for hydroxylation is 1. The summed E-state index contributed by atoms with van der Waals surface area (Å²) in [6.07, 6.45) is 4.37. The smallest absolute Gasteiger partial charge is 0.141 e. The van der Waals surface area contributed by atoms with Gasteiger partial charge in [-0.25, -0.2) is 0 Å². The Labute approximate surface area is 115 Å². The van der Waals surface area contributed by atoms with Crippen molar-refractivity contribution in [2.24, 2.45) is 0 Å². The van der Waals surface area contributed by atoms with Crippen molar-refractivity contribution < 1.29 is 4.79 Å². The van der Waals surface area contributed by atoms with Crippen molar-refractivity contribution in [2.45, 2.75) is 19.8 Å². The van der Waals surface area contributed by atoms with Gasteiger partial charge in [0.1, 0.15) is 5.78 Å². The van der Waals surface area contributed by atoms with Gasteiger partial charge in [-0.3, -0.25) is 9.78 Å². The third-order valence-corrected chi connectivity index (χ3v) is 3.25. The van der Waals surface area contributed by atoms with Crippen molar-refractivity contribution in [2.75, 3.05) is 0 Å². The van der Waals surface area contributed by atoms with Gasteiger partial charge in [0.2, 0.25) is 0 Å². The molecule has 0 aliphatic heterocycles. The number of halogens is 1. The first-order valence-corrected chi connectivity index (χ1v) is 6.60. The van der Waals surface area contributed by atoms with Gasteiger partial charge in [-0.05, 0) is 45.6 Å². The Morgan fingerprint density at radius 2 is 2.00 bits per heavy atom. The molecular formula is C15H14BrNO. The maximum absolute atomic E-state index is 12.0. The van der Waals surface area contributed by atoms with Crippen LogP contribution in [0.4, 0.5) is 0 Å². The predicted molar refractivity (Wildman–Crippen MR) is 75.5 cm³/mol. The zero-order valence-corrected chi connectivity index (χ0v) is 11.8.